The Morgan fingerprint density at radius 1 is 1.13 bits per heavy atom. The fourth-order valence-electron chi connectivity index (χ4n) is 2.92. The highest BCUT2D eigenvalue weighted by molar-refractivity contribution is 5.81. The van der Waals surface area contributed by atoms with Crippen molar-refractivity contribution in [2.24, 2.45) is 10.8 Å². The quantitative estimate of drug-likeness (QED) is 0.715. The van der Waals surface area contributed by atoms with E-state index >= 15 is 4.39 Å². The second-order valence-electron chi connectivity index (χ2n) is 9.56. The lowest BCUT2D eigenvalue weighted by molar-refractivity contribution is -0.168. The van der Waals surface area contributed by atoms with E-state index in [9.17, 15) is 9.59 Å². The number of fused-ring (bicyclic) bond motifs is 1. The van der Waals surface area contributed by atoms with Crippen molar-refractivity contribution >= 4 is 28.9 Å². The molecule has 31 heavy (non-hydrogen) atoms. The lowest BCUT2D eigenvalue weighted by Crippen LogP contribution is -2.40. The van der Waals surface area contributed by atoms with Gasteiger partial charge in [0.15, 0.2) is 30.0 Å². The third-order valence-electron chi connectivity index (χ3n) is 4.77. The molecule has 2 aromatic heterocycles. The third-order valence-corrected chi connectivity index (χ3v) is 4.77. The number of nitrogens with two attached hydrogens (primary N) is 1. The average molecular weight is 437 g/mol. The number of ether oxygens (including phenoxy) is 3. The minimum atomic E-state index is -1.77. The normalized spacial score (nSPS) is 24.4. The zero-order chi connectivity index (χ0) is 23.1. The van der Waals surface area contributed by atoms with Crippen molar-refractivity contribution in [2.75, 3.05) is 12.3 Å². The molecular formula is C20H28FN5O5. The summed E-state index contributed by atoms with van der Waals surface area (Å²) in [5.41, 5.74) is 4.77. The maximum atomic E-state index is 15.5. The second-order valence-corrected chi connectivity index (χ2v) is 9.56. The van der Waals surface area contributed by atoms with Gasteiger partial charge in [-0.15, -0.1) is 0 Å². The summed E-state index contributed by atoms with van der Waals surface area (Å²) in [7, 11) is 0. The average Bonchev–Trinajstić information content (AvgIpc) is 3.21. The molecule has 3 rings (SSSR count). The van der Waals surface area contributed by atoms with E-state index in [4.69, 9.17) is 19.9 Å². The van der Waals surface area contributed by atoms with E-state index in [0.717, 1.165) is 0 Å². The number of anilines is 1. The third kappa shape index (κ3) is 4.60. The van der Waals surface area contributed by atoms with Crippen molar-refractivity contribution in [3.8, 4) is 0 Å². The topological polar surface area (TPSA) is 131 Å². The number of aromatic nitrogens is 4. The van der Waals surface area contributed by atoms with Crippen LogP contribution in [0.2, 0.25) is 0 Å². The first-order chi connectivity index (χ1) is 14.3. The number of carbonyl (C=O) groups excluding carboxylic acids is 2. The molecule has 4 atom stereocenters. The summed E-state index contributed by atoms with van der Waals surface area (Å²) in [5.74, 6) is -0.938. The molecule has 0 spiro atoms. The Morgan fingerprint density at radius 3 is 2.39 bits per heavy atom. The van der Waals surface area contributed by atoms with Crippen LogP contribution in [0.4, 0.5) is 10.2 Å². The van der Waals surface area contributed by atoms with E-state index in [1.54, 1.807) is 41.5 Å². The van der Waals surface area contributed by atoms with Crippen molar-refractivity contribution in [1.82, 2.24) is 19.5 Å². The van der Waals surface area contributed by atoms with Crippen molar-refractivity contribution in [3.63, 3.8) is 0 Å². The Hall–Kier alpha value is -2.82. The number of esters is 2. The highest BCUT2D eigenvalue weighted by atomic mass is 19.1. The molecule has 0 aromatic carbocycles. The molecule has 2 N–H and O–H groups in total. The van der Waals surface area contributed by atoms with Gasteiger partial charge in [0.2, 0.25) is 0 Å². The van der Waals surface area contributed by atoms with Crippen molar-refractivity contribution in [1.29, 1.82) is 0 Å². The molecule has 1 aliphatic heterocycles. The van der Waals surface area contributed by atoms with Crippen LogP contribution in [-0.2, 0) is 23.8 Å². The van der Waals surface area contributed by atoms with Gasteiger partial charge in [0.25, 0.3) is 0 Å². The monoisotopic (exact) mass is 437 g/mol. The molecule has 0 unspecified atom stereocenters. The molecule has 0 bridgehead atoms. The molecule has 0 aliphatic carbocycles. The predicted molar refractivity (Wildman–Crippen MR) is 108 cm³/mol. The van der Waals surface area contributed by atoms with Gasteiger partial charge in [0.1, 0.15) is 24.6 Å². The van der Waals surface area contributed by atoms with E-state index < -0.39 is 47.4 Å². The minimum Gasteiger partial charge on any atom is -0.462 e. The summed E-state index contributed by atoms with van der Waals surface area (Å²) in [5, 5.41) is 0. The highest BCUT2D eigenvalue weighted by Gasteiger charge is 2.50. The van der Waals surface area contributed by atoms with Gasteiger partial charge in [-0.05, 0) is 41.5 Å². The second kappa shape index (κ2) is 8.03. The van der Waals surface area contributed by atoms with Gasteiger partial charge in [0, 0.05) is 0 Å². The summed E-state index contributed by atoms with van der Waals surface area (Å²) < 4.78 is 33.5. The molecule has 3 heterocycles. The van der Waals surface area contributed by atoms with Crippen LogP contribution < -0.4 is 5.73 Å². The van der Waals surface area contributed by atoms with Crippen molar-refractivity contribution < 1.29 is 28.2 Å². The number of alkyl halides is 1. The fourth-order valence-corrected chi connectivity index (χ4v) is 2.92. The minimum absolute atomic E-state index is 0.142. The Labute approximate surface area is 179 Å². The predicted octanol–water partition coefficient (Wildman–Crippen LogP) is 2.19. The van der Waals surface area contributed by atoms with Crippen LogP contribution >= 0.6 is 0 Å². The molecule has 1 aliphatic rings. The molecule has 170 valence electrons. The Bertz CT molecular complexity index is 980. The summed E-state index contributed by atoms with van der Waals surface area (Å²) in [6.07, 6.45) is -2.72. The van der Waals surface area contributed by atoms with E-state index in [0.29, 0.717) is 5.52 Å². The summed E-state index contributed by atoms with van der Waals surface area (Å²) in [6.45, 7) is 9.80. The standard InChI is InChI=1S/C20H28FN5O5/c1-19(2,3)17(27)29-7-10-13(31-18(28)20(4,5)6)11(21)16(30-10)26-9-25-12-14(22)23-8-24-15(12)26/h8-11,13,16H,7H2,1-6H3,(H2,22,23,24)/t10-,11+,13-,16-/m1/s1. The first kappa shape index (κ1) is 22.9. The van der Waals surface area contributed by atoms with Crippen molar-refractivity contribution in [3.05, 3.63) is 12.7 Å². The van der Waals surface area contributed by atoms with Crippen LogP contribution in [0.1, 0.15) is 47.8 Å². The molecule has 2 aromatic rings. The Balaban J connectivity index is 1.89. The van der Waals surface area contributed by atoms with Gasteiger partial charge in [-0.25, -0.2) is 19.3 Å². The summed E-state index contributed by atoms with van der Waals surface area (Å²) in [6, 6.07) is 0. The van der Waals surface area contributed by atoms with Crippen molar-refractivity contribution in [2.45, 2.75) is 66.1 Å². The number of hydrogen-bond acceptors (Lipinski definition) is 9. The molecule has 10 nitrogen and oxygen atoms in total. The Morgan fingerprint density at radius 2 is 1.77 bits per heavy atom. The molecule has 1 saturated heterocycles. The summed E-state index contributed by atoms with van der Waals surface area (Å²) in [4.78, 5) is 36.7. The van der Waals surface area contributed by atoms with Gasteiger partial charge in [-0.2, -0.15) is 0 Å². The van der Waals surface area contributed by atoms with Crippen LogP contribution in [0.15, 0.2) is 12.7 Å². The molecule has 0 saturated carbocycles. The number of hydrogen-bond donors (Lipinski definition) is 1. The number of imidazole rings is 1. The van der Waals surface area contributed by atoms with Gasteiger partial charge in [-0.1, -0.05) is 0 Å². The van der Waals surface area contributed by atoms with Crippen LogP contribution in [0.3, 0.4) is 0 Å². The number of rotatable bonds is 4. The van der Waals surface area contributed by atoms with Crippen LogP contribution in [-0.4, -0.2) is 56.4 Å². The van der Waals surface area contributed by atoms with Crippen LogP contribution in [0.5, 0.6) is 0 Å². The van der Waals surface area contributed by atoms with Crippen LogP contribution in [0, 0.1) is 10.8 Å². The maximum Gasteiger partial charge on any atom is 0.311 e. The van der Waals surface area contributed by atoms with E-state index in [2.05, 4.69) is 15.0 Å². The van der Waals surface area contributed by atoms with Crippen LogP contribution in [0.25, 0.3) is 11.2 Å². The number of halogens is 1. The number of carbonyl (C=O) groups is 2. The first-order valence-electron chi connectivity index (χ1n) is 9.91. The number of nitrogens with zero attached hydrogens (tertiary/aromatic N) is 4. The lowest BCUT2D eigenvalue weighted by Gasteiger charge is -2.25. The molecular weight excluding hydrogens is 409 g/mol. The smallest absolute Gasteiger partial charge is 0.311 e. The van der Waals surface area contributed by atoms with Gasteiger partial charge in [-0.3, -0.25) is 14.2 Å². The van der Waals surface area contributed by atoms with E-state index in [1.165, 1.54) is 17.2 Å². The fraction of sp³-hybridized carbons (Fsp3) is 0.650. The zero-order valence-corrected chi connectivity index (χ0v) is 18.5. The highest BCUT2D eigenvalue weighted by Crippen LogP contribution is 2.37. The maximum absolute atomic E-state index is 15.5. The Kier molecular flexibility index (Phi) is 5.92. The zero-order valence-electron chi connectivity index (χ0n) is 18.5. The molecule has 0 amide bonds. The summed E-state index contributed by atoms with van der Waals surface area (Å²) >= 11 is 0. The SMILES string of the molecule is CC(C)(C)C(=O)OC[C@H]1O[C@@H](n2cnc3c(N)ncnc32)[C@@H](F)[C@@H]1OC(=O)C(C)(C)C. The molecule has 0 radical (unpaired) electrons. The first-order valence-corrected chi connectivity index (χ1v) is 9.91. The molecule has 11 heteroatoms. The van der Waals surface area contributed by atoms with Gasteiger partial charge in [0.05, 0.1) is 17.2 Å². The molecule has 1 fully saturated rings. The number of nitrogen functional groups attached to an aromatic ring is 1. The lowest BCUT2D eigenvalue weighted by atomic mass is 9.97. The van der Waals surface area contributed by atoms with E-state index in [1.807, 2.05) is 0 Å². The van der Waals surface area contributed by atoms with E-state index in [-0.39, 0.29) is 18.1 Å². The van der Waals surface area contributed by atoms with Gasteiger partial charge < -0.3 is 19.9 Å². The largest absolute Gasteiger partial charge is 0.462 e. The van der Waals surface area contributed by atoms with Gasteiger partial charge >= 0.3 is 11.9 Å².